The summed E-state index contributed by atoms with van der Waals surface area (Å²) in [6.07, 6.45) is 1.02. The van der Waals surface area contributed by atoms with Crippen LogP contribution in [0.25, 0.3) is 0 Å². The van der Waals surface area contributed by atoms with Gasteiger partial charge in [-0.25, -0.2) is 5.90 Å². The first-order valence-corrected chi connectivity index (χ1v) is 4.65. The van der Waals surface area contributed by atoms with Crippen molar-refractivity contribution in [3.8, 4) is 0 Å². The number of benzene rings is 1. The SMILES string of the molecule is CCc1cc(Br)cc(CON)c1. The summed E-state index contributed by atoms with van der Waals surface area (Å²) in [4.78, 5) is 4.56. The Bertz CT molecular complexity index is 263. The Kier molecular flexibility index (Phi) is 3.72. The monoisotopic (exact) mass is 229 g/mol. The molecule has 12 heavy (non-hydrogen) atoms. The number of aryl methyl sites for hydroxylation is 1. The Morgan fingerprint density at radius 1 is 1.33 bits per heavy atom. The summed E-state index contributed by atoms with van der Waals surface area (Å²) >= 11 is 3.43. The van der Waals surface area contributed by atoms with Crippen molar-refractivity contribution in [3.05, 3.63) is 33.8 Å². The zero-order chi connectivity index (χ0) is 8.97. The minimum atomic E-state index is 0.465. The van der Waals surface area contributed by atoms with Crippen LogP contribution >= 0.6 is 15.9 Å². The lowest BCUT2D eigenvalue weighted by atomic mass is 10.1. The van der Waals surface area contributed by atoms with Gasteiger partial charge in [-0.2, -0.15) is 0 Å². The zero-order valence-electron chi connectivity index (χ0n) is 7.01. The molecule has 2 nitrogen and oxygen atoms in total. The Labute approximate surface area is 80.8 Å². The molecule has 0 radical (unpaired) electrons. The van der Waals surface area contributed by atoms with Crippen molar-refractivity contribution in [1.29, 1.82) is 0 Å². The standard InChI is InChI=1S/C9H12BrNO/c1-2-7-3-8(6-12-11)5-9(10)4-7/h3-5H,2,6,11H2,1H3. The second-order valence-corrected chi connectivity index (χ2v) is 3.55. The number of rotatable bonds is 3. The second kappa shape index (κ2) is 4.60. The normalized spacial score (nSPS) is 10.2. The van der Waals surface area contributed by atoms with Gasteiger partial charge in [0.05, 0.1) is 6.61 Å². The van der Waals surface area contributed by atoms with Gasteiger partial charge in [-0.3, -0.25) is 4.84 Å². The van der Waals surface area contributed by atoms with Crippen LogP contribution < -0.4 is 5.90 Å². The van der Waals surface area contributed by atoms with Crippen molar-refractivity contribution in [3.63, 3.8) is 0 Å². The fourth-order valence-corrected chi connectivity index (χ4v) is 1.69. The molecule has 0 unspecified atom stereocenters. The Morgan fingerprint density at radius 3 is 2.58 bits per heavy atom. The van der Waals surface area contributed by atoms with Gasteiger partial charge >= 0.3 is 0 Å². The van der Waals surface area contributed by atoms with Crippen LogP contribution in [0, 0.1) is 0 Å². The molecule has 0 spiro atoms. The van der Waals surface area contributed by atoms with Crippen LogP contribution in [0.3, 0.4) is 0 Å². The molecule has 3 heteroatoms. The molecule has 1 aromatic rings. The molecule has 0 atom stereocenters. The van der Waals surface area contributed by atoms with Gasteiger partial charge in [0.1, 0.15) is 0 Å². The van der Waals surface area contributed by atoms with Crippen molar-refractivity contribution in [2.24, 2.45) is 5.90 Å². The molecule has 0 saturated carbocycles. The van der Waals surface area contributed by atoms with Crippen LogP contribution in [-0.4, -0.2) is 0 Å². The summed E-state index contributed by atoms with van der Waals surface area (Å²) in [5.41, 5.74) is 2.39. The number of hydrogen-bond acceptors (Lipinski definition) is 2. The first-order valence-electron chi connectivity index (χ1n) is 3.86. The van der Waals surface area contributed by atoms with E-state index in [0.29, 0.717) is 6.61 Å². The minimum absolute atomic E-state index is 0.465. The Hall–Kier alpha value is -0.380. The van der Waals surface area contributed by atoms with Crippen LogP contribution in [0.5, 0.6) is 0 Å². The maximum Gasteiger partial charge on any atom is 0.0930 e. The van der Waals surface area contributed by atoms with Gasteiger partial charge in [-0.15, -0.1) is 0 Å². The van der Waals surface area contributed by atoms with Crippen LogP contribution in [0.15, 0.2) is 22.7 Å². The van der Waals surface area contributed by atoms with E-state index in [4.69, 9.17) is 5.90 Å². The summed E-state index contributed by atoms with van der Waals surface area (Å²) in [6.45, 7) is 2.58. The molecule has 0 fully saturated rings. The highest BCUT2D eigenvalue weighted by molar-refractivity contribution is 9.10. The van der Waals surface area contributed by atoms with E-state index in [1.165, 1.54) is 5.56 Å². The van der Waals surface area contributed by atoms with Gasteiger partial charge in [-0.1, -0.05) is 28.9 Å². The van der Waals surface area contributed by atoms with E-state index in [2.05, 4.69) is 39.8 Å². The molecule has 66 valence electrons. The van der Waals surface area contributed by atoms with E-state index in [1.54, 1.807) is 0 Å². The van der Waals surface area contributed by atoms with Gasteiger partial charge < -0.3 is 0 Å². The third-order valence-corrected chi connectivity index (χ3v) is 2.13. The molecule has 0 aliphatic heterocycles. The average molecular weight is 230 g/mol. The predicted molar refractivity (Wildman–Crippen MR) is 52.5 cm³/mol. The molecule has 0 heterocycles. The third kappa shape index (κ3) is 2.59. The van der Waals surface area contributed by atoms with E-state index in [9.17, 15) is 0 Å². The van der Waals surface area contributed by atoms with Crippen molar-refractivity contribution < 1.29 is 4.84 Å². The fourth-order valence-electron chi connectivity index (χ4n) is 1.10. The Morgan fingerprint density at radius 2 is 2.00 bits per heavy atom. The molecule has 0 saturated heterocycles. The van der Waals surface area contributed by atoms with E-state index in [0.717, 1.165) is 16.5 Å². The molecule has 0 amide bonds. The zero-order valence-corrected chi connectivity index (χ0v) is 8.60. The molecule has 2 N–H and O–H groups in total. The third-order valence-electron chi connectivity index (χ3n) is 1.68. The highest BCUT2D eigenvalue weighted by atomic mass is 79.9. The maximum absolute atomic E-state index is 4.99. The van der Waals surface area contributed by atoms with Crippen molar-refractivity contribution in [1.82, 2.24) is 0 Å². The molecule has 0 aliphatic carbocycles. The molecule has 0 bridgehead atoms. The van der Waals surface area contributed by atoms with E-state index >= 15 is 0 Å². The van der Waals surface area contributed by atoms with Gasteiger partial charge in [0.2, 0.25) is 0 Å². The quantitative estimate of drug-likeness (QED) is 0.809. The lowest BCUT2D eigenvalue weighted by Crippen LogP contribution is -1.99. The summed E-state index contributed by atoms with van der Waals surface area (Å²) in [6, 6.07) is 6.20. The topological polar surface area (TPSA) is 35.2 Å². The van der Waals surface area contributed by atoms with E-state index in [-0.39, 0.29) is 0 Å². The number of nitrogens with two attached hydrogens (primary N) is 1. The van der Waals surface area contributed by atoms with Crippen molar-refractivity contribution in [2.75, 3.05) is 0 Å². The predicted octanol–water partition coefficient (Wildman–Crippen LogP) is 2.40. The van der Waals surface area contributed by atoms with Crippen LogP contribution in [0.4, 0.5) is 0 Å². The minimum Gasteiger partial charge on any atom is -0.300 e. The van der Waals surface area contributed by atoms with E-state index in [1.807, 2.05) is 6.07 Å². The number of hydrogen-bond donors (Lipinski definition) is 1. The Balaban J connectivity index is 2.90. The fraction of sp³-hybridized carbons (Fsp3) is 0.333. The van der Waals surface area contributed by atoms with Gasteiger partial charge in [0.25, 0.3) is 0 Å². The first kappa shape index (κ1) is 9.71. The number of halogens is 1. The first-order chi connectivity index (χ1) is 5.76. The van der Waals surface area contributed by atoms with Crippen LogP contribution in [-0.2, 0) is 17.9 Å². The van der Waals surface area contributed by atoms with Crippen LogP contribution in [0.1, 0.15) is 18.1 Å². The molecule has 0 aliphatic rings. The highest BCUT2D eigenvalue weighted by Crippen LogP contribution is 2.16. The van der Waals surface area contributed by atoms with E-state index < -0.39 is 0 Å². The second-order valence-electron chi connectivity index (χ2n) is 2.63. The largest absolute Gasteiger partial charge is 0.300 e. The highest BCUT2D eigenvalue weighted by Gasteiger charge is 1.97. The van der Waals surface area contributed by atoms with Crippen LogP contribution in [0.2, 0.25) is 0 Å². The summed E-state index contributed by atoms with van der Waals surface area (Å²) in [5, 5.41) is 0. The molecular weight excluding hydrogens is 218 g/mol. The summed E-state index contributed by atoms with van der Waals surface area (Å²) < 4.78 is 1.08. The molecule has 0 aromatic heterocycles. The maximum atomic E-state index is 4.99. The summed E-state index contributed by atoms with van der Waals surface area (Å²) in [5.74, 6) is 4.99. The molecule has 1 aromatic carbocycles. The van der Waals surface area contributed by atoms with Gasteiger partial charge in [0.15, 0.2) is 0 Å². The lowest BCUT2D eigenvalue weighted by Gasteiger charge is -2.03. The smallest absolute Gasteiger partial charge is 0.0930 e. The molecular formula is C9H12BrNO. The van der Waals surface area contributed by atoms with Gasteiger partial charge in [-0.05, 0) is 29.7 Å². The van der Waals surface area contributed by atoms with Crippen molar-refractivity contribution in [2.45, 2.75) is 20.0 Å². The molecule has 1 rings (SSSR count). The lowest BCUT2D eigenvalue weighted by molar-refractivity contribution is 0.124. The summed E-state index contributed by atoms with van der Waals surface area (Å²) in [7, 11) is 0. The average Bonchev–Trinajstić information content (AvgIpc) is 2.04. The van der Waals surface area contributed by atoms with Gasteiger partial charge in [0, 0.05) is 4.47 Å². The van der Waals surface area contributed by atoms with Crippen molar-refractivity contribution >= 4 is 15.9 Å².